The van der Waals surface area contributed by atoms with E-state index >= 15 is 0 Å². The number of rotatable bonds is 3. The second-order valence-electron chi connectivity index (χ2n) is 6.62. The van der Waals surface area contributed by atoms with Gasteiger partial charge in [-0.25, -0.2) is 0 Å². The highest BCUT2D eigenvalue weighted by Gasteiger charge is 2.25. The summed E-state index contributed by atoms with van der Waals surface area (Å²) in [4.78, 5) is 14.7. The van der Waals surface area contributed by atoms with Gasteiger partial charge in [-0.3, -0.25) is 9.48 Å². The number of hydrogen-bond donors (Lipinski definition) is 0. The normalized spacial score (nSPS) is 13.1. The third-order valence-corrected chi connectivity index (χ3v) is 4.89. The van der Waals surface area contributed by atoms with Gasteiger partial charge in [-0.2, -0.15) is 5.10 Å². The second-order valence-corrected chi connectivity index (χ2v) is 6.62. The maximum atomic E-state index is 12.8. The van der Waals surface area contributed by atoms with Crippen LogP contribution in [0.3, 0.4) is 0 Å². The molecule has 0 unspecified atom stereocenters. The third-order valence-electron chi connectivity index (χ3n) is 4.89. The molecule has 126 valence electrons. The zero-order valence-electron chi connectivity index (χ0n) is 14.6. The van der Waals surface area contributed by atoms with E-state index in [-0.39, 0.29) is 5.91 Å². The van der Waals surface area contributed by atoms with Gasteiger partial charge in [-0.1, -0.05) is 30.3 Å². The van der Waals surface area contributed by atoms with Crippen LogP contribution in [0.15, 0.2) is 54.7 Å². The summed E-state index contributed by atoms with van der Waals surface area (Å²) in [5.41, 5.74) is 6.61. The summed E-state index contributed by atoms with van der Waals surface area (Å²) in [6.45, 7) is 2.81. The van der Waals surface area contributed by atoms with E-state index in [0.29, 0.717) is 6.42 Å². The van der Waals surface area contributed by atoms with Crippen LogP contribution in [0.5, 0.6) is 0 Å². The summed E-state index contributed by atoms with van der Waals surface area (Å²) in [6.07, 6.45) is 3.30. The van der Waals surface area contributed by atoms with Crippen LogP contribution in [-0.2, 0) is 24.7 Å². The second kappa shape index (κ2) is 6.20. The Labute approximate surface area is 147 Å². The molecule has 0 saturated carbocycles. The lowest BCUT2D eigenvalue weighted by Gasteiger charge is -2.18. The molecule has 25 heavy (non-hydrogen) atoms. The average Bonchev–Trinajstić information content (AvgIpc) is 3.22. The van der Waals surface area contributed by atoms with E-state index in [9.17, 15) is 4.79 Å². The van der Waals surface area contributed by atoms with E-state index in [1.807, 2.05) is 42.4 Å². The van der Waals surface area contributed by atoms with E-state index in [1.165, 1.54) is 11.1 Å². The van der Waals surface area contributed by atoms with E-state index in [2.05, 4.69) is 36.3 Å². The van der Waals surface area contributed by atoms with Crippen LogP contribution in [0.25, 0.3) is 11.3 Å². The van der Waals surface area contributed by atoms with Crippen LogP contribution in [0.2, 0.25) is 0 Å². The van der Waals surface area contributed by atoms with Crippen molar-refractivity contribution in [2.45, 2.75) is 19.8 Å². The highest BCUT2D eigenvalue weighted by atomic mass is 16.2. The van der Waals surface area contributed by atoms with Gasteiger partial charge in [0.2, 0.25) is 5.91 Å². The van der Waals surface area contributed by atoms with Crippen molar-refractivity contribution in [1.29, 1.82) is 0 Å². The van der Waals surface area contributed by atoms with E-state index in [0.717, 1.165) is 35.5 Å². The molecule has 2 heterocycles. The summed E-state index contributed by atoms with van der Waals surface area (Å²) in [5, 5.41) is 4.46. The number of hydrogen-bond acceptors (Lipinski definition) is 2. The van der Waals surface area contributed by atoms with Crippen molar-refractivity contribution >= 4 is 11.6 Å². The lowest BCUT2D eigenvalue weighted by Crippen LogP contribution is -2.30. The van der Waals surface area contributed by atoms with E-state index < -0.39 is 0 Å². The fraction of sp³-hybridized carbons (Fsp3) is 0.238. The van der Waals surface area contributed by atoms with Gasteiger partial charge in [-0.05, 0) is 48.2 Å². The first-order valence-corrected chi connectivity index (χ1v) is 8.59. The molecule has 0 radical (unpaired) electrons. The maximum absolute atomic E-state index is 12.8. The number of nitrogens with zero attached hydrogens (tertiary/aromatic N) is 3. The van der Waals surface area contributed by atoms with Crippen molar-refractivity contribution in [3.63, 3.8) is 0 Å². The largest absolute Gasteiger partial charge is 0.312 e. The van der Waals surface area contributed by atoms with Crippen molar-refractivity contribution in [2.75, 3.05) is 11.4 Å². The first kappa shape index (κ1) is 15.6. The van der Waals surface area contributed by atoms with Gasteiger partial charge >= 0.3 is 0 Å². The molecule has 0 atom stereocenters. The molecular weight excluding hydrogens is 310 g/mol. The molecule has 1 aromatic heterocycles. The summed E-state index contributed by atoms with van der Waals surface area (Å²) in [7, 11) is 1.92. The van der Waals surface area contributed by atoms with Gasteiger partial charge < -0.3 is 4.90 Å². The molecule has 0 bridgehead atoms. The van der Waals surface area contributed by atoms with Crippen molar-refractivity contribution in [3.05, 3.63) is 71.4 Å². The molecule has 0 aliphatic carbocycles. The number of carbonyl (C=O) groups excluding carboxylic acids is 1. The predicted molar refractivity (Wildman–Crippen MR) is 99.6 cm³/mol. The number of aryl methyl sites for hydroxylation is 2. The molecule has 0 saturated heterocycles. The van der Waals surface area contributed by atoms with Crippen molar-refractivity contribution in [2.24, 2.45) is 7.05 Å². The number of anilines is 1. The minimum absolute atomic E-state index is 0.165. The quantitative estimate of drug-likeness (QED) is 0.736. The zero-order valence-corrected chi connectivity index (χ0v) is 14.6. The lowest BCUT2D eigenvalue weighted by atomic mass is 10.0. The molecule has 0 spiro atoms. The van der Waals surface area contributed by atoms with Gasteiger partial charge in [0.1, 0.15) is 0 Å². The molecular formula is C21H21N3O. The van der Waals surface area contributed by atoms with Gasteiger partial charge in [0.25, 0.3) is 0 Å². The Kier molecular flexibility index (Phi) is 3.88. The van der Waals surface area contributed by atoms with Gasteiger partial charge in [0, 0.05) is 31.0 Å². The van der Waals surface area contributed by atoms with Gasteiger partial charge in [0.05, 0.1) is 12.1 Å². The third kappa shape index (κ3) is 2.95. The van der Waals surface area contributed by atoms with Crippen LogP contribution in [0, 0.1) is 6.92 Å². The fourth-order valence-electron chi connectivity index (χ4n) is 3.46. The molecule has 0 N–H and O–H groups in total. The maximum Gasteiger partial charge on any atom is 0.231 e. The Morgan fingerprint density at radius 2 is 2.00 bits per heavy atom. The Balaban J connectivity index is 1.57. The molecule has 2 aromatic carbocycles. The molecule has 4 nitrogen and oxygen atoms in total. The highest BCUT2D eigenvalue weighted by molar-refractivity contribution is 5.97. The highest BCUT2D eigenvalue weighted by Crippen LogP contribution is 2.32. The number of carbonyl (C=O) groups is 1. The smallest absolute Gasteiger partial charge is 0.231 e. The minimum atomic E-state index is 0.165. The standard InChI is InChI=1S/C21H21N3O/c1-15-5-3-4-6-16(15)14-21(25)24-12-9-18-13-17(7-8-20(18)24)19-10-11-23(2)22-19/h3-8,10-11,13H,9,12,14H2,1-2H3. The Hall–Kier alpha value is -2.88. The summed E-state index contributed by atoms with van der Waals surface area (Å²) >= 11 is 0. The summed E-state index contributed by atoms with van der Waals surface area (Å²) in [6, 6.07) is 16.4. The first-order chi connectivity index (χ1) is 12.1. The fourth-order valence-corrected chi connectivity index (χ4v) is 3.46. The molecule has 1 aliphatic heterocycles. The molecule has 4 rings (SSSR count). The molecule has 3 aromatic rings. The van der Waals surface area contributed by atoms with Crippen LogP contribution in [0.4, 0.5) is 5.69 Å². The average molecular weight is 331 g/mol. The Bertz CT molecular complexity index is 942. The number of amides is 1. The van der Waals surface area contributed by atoms with Crippen LogP contribution < -0.4 is 4.90 Å². The van der Waals surface area contributed by atoms with Crippen LogP contribution in [0.1, 0.15) is 16.7 Å². The lowest BCUT2D eigenvalue weighted by molar-refractivity contribution is -0.117. The monoisotopic (exact) mass is 331 g/mol. The number of benzene rings is 2. The first-order valence-electron chi connectivity index (χ1n) is 8.59. The Morgan fingerprint density at radius 3 is 2.76 bits per heavy atom. The van der Waals surface area contributed by atoms with Crippen molar-refractivity contribution in [1.82, 2.24) is 9.78 Å². The van der Waals surface area contributed by atoms with Crippen LogP contribution >= 0.6 is 0 Å². The number of fused-ring (bicyclic) bond motifs is 1. The topological polar surface area (TPSA) is 38.1 Å². The predicted octanol–water partition coefficient (Wildman–Crippen LogP) is 3.53. The zero-order chi connectivity index (χ0) is 17.4. The summed E-state index contributed by atoms with van der Waals surface area (Å²) in [5.74, 6) is 0.165. The van der Waals surface area contributed by atoms with E-state index in [1.54, 1.807) is 4.68 Å². The molecule has 4 heteroatoms. The van der Waals surface area contributed by atoms with Crippen LogP contribution in [-0.4, -0.2) is 22.2 Å². The summed E-state index contributed by atoms with van der Waals surface area (Å²) < 4.78 is 1.81. The van der Waals surface area contributed by atoms with Crippen molar-refractivity contribution < 1.29 is 4.79 Å². The molecule has 1 aliphatic rings. The Morgan fingerprint density at radius 1 is 1.16 bits per heavy atom. The van der Waals surface area contributed by atoms with E-state index in [4.69, 9.17) is 0 Å². The van der Waals surface area contributed by atoms with Crippen molar-refractivity contribution in [3.8, 4) is 11.3 Å². The van der Waals surface area contributed by atoms with Gasteiger partial charge in [-0.15, -0.1) is 0 Å². The van der Waals surface area contributed by atoms with Gasteiger partial charge in [0.15, 0.2) is 0 Å². The SMILES string of the molecule is Cc1ccccc1CC(=O)N1CCc2cc(-c3ccn(C)n3)ccc21. The minimum Gasteiger partial charge on any atom is -0.312 e. The number of aromatic nitrogens is 2. The molecule has 0 fully saturated rings. The molecule has 1 amide bonds.